The molecule has 0 saturated carbocycles. The molecule has 0 bridgehead atoms. The van der Waals surface area contributed by atoms with Crippen LogP contribution in [0.25, 0.3) is 16.7 Å². The molecule has 3 heterocycles. The molecule has 9 heteroatoms. The summed E-state index contributed by atoms with van der Waals surface area (Å²) >= 11 is 9.59. The maximum atomic E-state index is 13.6. The van der Waals surface area contributed by atoms with Crippen molar-refractivity contribution in [2.75, 3.05) is 44.2 Å². The van der Waals surface area contributed by atoms with Gasteiger partial charge in [0.15, 0.2) is 0 Å². The zero-order valence-corrected chi connectivity index (χ0v) is 23.9. The Labute approximate surface area is 241 Å². The normalized spacial score (nSPS) is 18.6. The fraction of sp³-hybridized carbons (Fsp3) is 0.333. The number of carbonyl (C=O) groups excluding carboxylic acids is 1. The summed E-state index contributed by atoms with van der Waals surface area (Å²) < 4.78 is 16.8. The van der Waals surface area contributed by atoms with Gasteiger partial charge in [-0.2, -0.15) is 0 Å². The standard InChI is InChI=1S/C30H30BrClFN5O/c31-22-6-3-7-24(17-22)38-28-9-2-1-8-27(28)34-29(38)20-35-12-4-5-21(19-35)30(39)37-15-13-36(14-16-37)23-10-11-26(33)25(32)18-23/h1-3,6-11,17-18,21H,4-5,12-16,19-20H2/t21-/m0/s1. The minimum Gasteiger partial charge on any atom is -0.368 e. The van der Waals surface area contributed by atoms with E-state index in [0.29, 0.717) is 32.7 Å². The number of imidazole rings is 1. The molecule has 2 aliphatic heterocycles. The number of amides is 1. The number of rotatable bonds is 5. The van der Waals surface area contributed by atoms with Crippen LogP contribution >= 0.6 is 27.5 Å². The van der Waals surface area contributed by atoms with Crippen LogP contribution in [0.2, 0.25) is 5.02 Å². The molecular formula is C30H30BrClFN5O. The molecule has 2 saturated heterocycles. The molecule has 39 heavy (non-hydrogen) atoms. The molecule has 0 spiro atoms. The second-order valence-electron chi connectivity index (χ2n) is 10.3. The van der Waals surface area contributed by atoms with E-state index in [1.165, 1.54) is 6.07 Å². The summed E-state index contributed by atoms with van der Waals surface area (Å²) in [5, 5.41) is 0.127. The molecule has 0 aliphatic carbocycles. The van der Waals surface area contributed by atoms with E-state index >= 15 is 0 Å². The average molecular weight is 611 g/mol. The number of anilines is 1. The molecule has 6 rings (SSSR count). The van der Waals surface area contributed by atoms with Gasteiger partial charge in [-0.3, -0.25) is 14.3 Å². The monoisotopic (exact) mass is 609 g/mol. The Morgan fingerprint density at radius 3 is 2.59 bits per heavy atom. The van der Waals surface area contributed by atoms with E-state index in [0.717, 1.165) is 58.6 Å². The van der Waals surface area contributed by atoms with Crippen molar-refractivity contribution in [1.82, 2.24) is 19.4 Å². The van der Waals surface area contributed by atoms with Gasteiger partial charge in [-0.15, -0.1) is 0 Å². The average Bonchev–Trinajstić information content (AvgIpc) is 3.32. The van der Waals surface area contributed by atoms with Gasteiger partial charge in [-0.25, -0.2) is 9.37 Å². The first-order valence-electron chi connectivity index (χ1n) is 13.4. The number of hydrogen-bond donors (Lipinski definition) is 0. The second-order valence-corrected chi connectivity index (χ2v) is 11.6. The summed E-state index contributed by atoms with van der Waals surface area (Å²) in [5.41, 5.74) is 4.01. The molecule has 3 aromatic carbocycles. The number of nitrogens with zero attached hydrogens (tertiary/aromatic N) is 5. The Balaban J connectivity index is 1.14. The number of likely N-dealkylation sites (tertiary alicyclic amines) is 1. The Bertz CT molecular complexity index is 1500. The van der Waals surface area contributed by atoms with Gasteiger partial charge in [0, 0.05) is 48.6 Å². The van der Waals surface area contributed by atoms with Crippen LogP contribution in [-0.4, -0.2) is 64.5 Å². The van der Waals surface area contributed by atoms with E-state index in [9.17, 15) is 9.18 Å². The smallest absolute Gasteiger partial charge is 0.227 e. The summed E-state index contributed by atoms with van der Waals surface area (Å²) in [6, 6.07) is 21.3. The van der Waals surface area contributed by atoms with Crippen LogP contribution in [0.4, 0.5) is 10.1 Å². The Morgan fingerprint density at radius 1 is 0.974 bits per heavy atom. The minimum atomic E-state index is -0.414. The highest BCUT2D eigenvalue weighted by molar-refractivity contribution is 9.10. The van der Waals surface area contributed by atoms with Crippen molar-refractivity contribution >= 4 is 50.2 Å². The lowest BCUT2D eigenvalue weighted by Gasteiger charge is -2.39. The molecule has 2 fully saturated rings. The zero-order valence-electron chi connectivity index (χ0n) is 21.6. The van der Waals surface area contributed by atoms with E-state index in [1.54, 1.807) is 12.1 Å². The Kier molecular flexibility index (Phi) is 7.60. The molecule has 0 radical (unpaired) electrons. The lowest BCUT2D eigenvalue weighted by molar-refractivity contribution is -0.137. The Morgan fingerprint density at radius 2 is 1.79 bits per heavy atom. The van der Waals surface area contributed by atoms with Gasteiger partial charge in [0.2, 0.25) is 5.91 Å². The SMILES string of the molecule is O=C([C@H]1CCCN(Cc2nc3ccccc3n2-c2cccc(Br)c2)C1)N1CCN(c2ccc(F)c(Cl)c2)CC1. The van der Waals surface area contributed by atoms with Crippen LogP contribution < -0.4 is 4.90 Å². The molecule has 1 atom stereocenters. The molecule has 2 aliphatic rings. The number of para-hydroxylation sites is 2. The van der Waals surface area contributed by atoms with E-state index in [1.807, 2.05) is 29.2 Å². The number of halogens is 3. The molecule has 4 aromatic rings. The first-order chi connectivity index (χ1) is 19.0. The maximum Gasteiger partial charge on any atom is 0.227 e. The summed E-state index contributed by atoms with van der Waals surface area (Å²) in [5.74, 6) is 0.781. The van der Waals surface area contributed by atoms with Gasteiger partial charge in [0.25, 0.3) is 0 Å². The highest BCUT2D eigenvalue weighted by atomic mass is 79.9. The van der Waals surface area contributed by atoms with Crippen molar-refractivity contribution in [3.63, 3.8) is 0 Å². The van der Waals surface area contributed by atoms with Crippen LogP contribution in [0, 0.1) is 11.7 Å². The highest BCUT2D eigenvalue weighted by Crippen LogP contribution is 2.28. The van der Waals surface area contributed by atoms with Crippen molar-refractivity contribution < 1.29 is 9.18 Å². The van der Waals surface area contributed by atoms with Crippen molar-refractivity contribution in [1.29, 1.82) is 0 Å². The predicted molar refractivity (Wildman–Crippen MR) is 157 cm³/mol. The molecule has 0 unspecified atom stereocenters. The van der Waals surface area contributed by atoms with Gasteiger partial charge < -0.3 is 9.80 Å². The van der Waals surface area contributed by atoms with E-state index in [2.05, 4.69) is 54.6 Å². The zero-order chi connectivity index (χ0) is 26.9. The molecule has 6 nitrogen and oxygen atoms in total. The fourth-order valence-electron chi connectivity index (χ4n) is 5.81. The molecule has 1 amide bonds. The van der Waals surface area contributed by atoms with Crippen molar-refractivity contribution in [2.24, 2.45) is 5.92 Å². The largest absolute Gasteiger partial charge is 0.368 e. The quantitative estimate of drug-likeness (QED) is 0.272. The number of piperidine rings is 1. The summed E-state index contributed by atoms with van der Waals surface area (Å²) in [4.78, 5) is 25.1. The lowest BCUT2D eigenvalue weighted by Crippen LogP contribution is -2.52. The summed E-state index contributed by atoms with van der Waals surface area (Å²) in [7, 11) is 0. The number of carbonyl (C=O) groups is 1. The fourth-order valence-corrected chi connectivity index (χ4v) is 6.37. The van der Waals surface area contributed by atoms with E-state index in [4.69, 9.17) is 16.6 Å². The highest BCUT2D eigenvalue weighted by Gasteiger charge is 2.32. The van der Waals surface area contributed by atoms with Crippen LogP contribution in [0.3, 0.4) is 0 Å². The van der Waals surface area contributed by atoms with Gasteiger partial charge >= 0.3 is 0 Å². The molecule has 1 aromatic heterocycles. The maximum absolute atomic E-state index is 13.6. The van der Waals surface area contributed by atoms with Crippen LogP contribution in [-0.2, 0) is 11.3 Å². The van der Waals surface area contributed by atoms with Crippen LogP contribution in [0.5, 0.6) is 0 Å². The van der Waals surface area contributed by atoms with Crippen molar-refractivity contribution in [3.05, 3.63) is 87.9 Å². The Hall–Kier alpha value is -2.94. The predicted octanol–water partition coefficient (Wildman–Crippen LogP) is 6.14. The van der Waals surface area contributed by atoms with E-state index in [-0.39, 0.29) is 16.8 Å². The van der Waals surface area contributed by atoms with Crippen molar-refractivity contribution in [2.45, 2.75) is 19.4 Å². The summed E-state index contributed by atoms with van der Waals surface area (Å²) in [6.07, 6.45) is 1.90. The van der Waals surface area contributed by atoms with Crippen LogP contribution in [0.1, 0.15) is 18.7 Å². The lowest BCUT2D eigenvalue weighted by atomic mass is 9.96. The van der Waals surface area contributed by atoms with Gasteiger partial charge in [-0.1, -0.05) is 45.7 Å². The number of hydrogen-bond acceptors (Lipinski definition) is 4. The van der Waals surface area contributed by atoms with Gasteiger partial charge in [0.05, 0.1) is 28.5 Å². The third-order valence-corrected chi connectivity index (χ3v) is 8.56. The first kappa shape index (κ1) is 26.3. The number of piperazine rings is 1. The number of fused-ring (bicyclic) bond motifs is 1. The van der Waals surface area contributed by atoms with Gasteiger partial charge in [-0.05, 0) is 67.9 Å². The number of benzene rings is 3. The van der Waals surface area contributed by atoms with Crippen molar-refractivity contribution in [3.8, 4) is 5.69 Å². The summed E-state index contributed by atoms with van der Waals surface area (Å²) in [6.45, 7) is 5.09. The first-order valence-corrected chi connectivity index (χ1v) is 14.6. The van der Waals surface area contributed by atoms with Gasteiger partial charge in [0.1, 0.15) is 11.6 Å². The number of aromatic nitrogens is 2. The molecule has 0 N–H and O–H groups in total. The minimum absolute atomic E-state index is 0.0192. The van der Waals surface area contributed by atoms with Crippen LogP contribution in [0.15, 0.2) is 71.2 Å². The topological polar surface area (TPSA) is 44.6 Å². The molecular weight excluding hydrogens is 581 g/mol. The third kappa shape index (κ3) is 5.55. The third-order valence-electron chi connectivity index (χ3n) is 7.78. The van der Waals surface area contributed by atoms with E-state index < -0.39 is 5.82 Å². The second kappa shape index (κ2) is 11.3. The molecule has 202 valence electrons.